The van der Waals surface area contributed by atoms with Gasteiger partial charge in [0.25, 0.3) is 0 Å². The van der Waals surface area contributed by atoms with Gasteiger partial charge < -0.3 is 15.2 Å². The fourth-order valence-corrected chi connectivity index (χ4v) is 4.25. The largest absolute Gasteiger partial charge is 0.445 e. The number of carbonyl (C=O) groups is 2. The fourth-order valence-electron chi connectivity index (χ4n) is 4.25. The Morgan fingerprint density at radius 2 is 1.21 bits per heavy atom. The highest BCUT2D eigenvalue weighted by molar-refractivity contribution is 5.86. The highest BCUT2D eigenvalue weighted by Crippen LogP contribution is 2.19. The number of hydrogen-bond acceptors (Lipinski definition) is 4. The predicted molar refractivity (Wildman–Crippen MR) is 147 cm³/mol. The number of hydrogen-bond donors (Lipinski definition) is 2. The molecule has 4 aromatic carbocycles. The summed E-state index contributed by atoms with van der Waals surface area (Å²) in [5, 5.41) is 13.0. The zero-order valence-electron chi connectivity index (χ0n) is 21.1. The number of rotatable bonds is 11. The number of benzene rings is 4. The van der Waals surface area contributed by atoms with Gasteiger partial charge in [0.05, 0.1) is 12.6 Å². The van der Waals surface area contributed by atoms with Crippen molar-refractivity contribution in [2.75, 3.05) is 6.61 Å². The molecule has 0 saturated heterocycles. The zero-order valence-corrected chi connectivity index (χ0v) is 21.1. The Bertz CT molecular complexity index is 1270. The molecular formula is C32H32N2O4. The number of nitrogens with one attached hydrogen (secondary N) is 1. The quantitative estimate of drug-likeness (QED) is 0.289. The average Bonchev–Trinajstić information content (AvgIpc) is 2.98. The molecule has 4 rings (SSSR count). The minimum absolute atomic E-state index is 0.0912. The van der Waals surface area contributed by atoms with Crippen LogP contribution in [0.4, 0.5) is 4.79 Å². The van der Waals surface area contributed by atoms with Crippen LogP contribution in [0.15, 0.2) is 121 Å². The van der Waals surface area contributed by atoms with Crippen LogP contribution < -0.4 is 5.32 Å². The molecule has 0 radical (unpaired) electrons. The summed E-state index contributed by atoms with van der Waals surface area (Å²) in [5.41, 5.74) is 3.41. The lowest BCUT2D eigenvalue weighted by atomic mass is 10.0. The first-order valence-corrected chi connectivity index (χ1v) is 12.7. The van der Waals surface area contributed by atoms with Crippen LogP contribution in [-0.4, -0.2) is 34.7 Å². The number of carbonyl (C=O) groups excluding carboxylic acids is 2. The van der Waals surface area contributed by atoms with E-state index < -0.39 is 18.2 Å². The minimum atomic E-state index is -0.876. The van der Waals surface area contributed by atoms with Crippen molar-refractivity contribution < 1.29 is 19.4 Å². The van der Waals surface area contributed by atoms with Crippen LogP contribution in [-0.2, 0) is 29.1 Å². The van der Waals surface area contributed by atoms with Gasteiger partial charge in [-0.15, -0.1) is 0 Å². The van der Waals surface area contributed by atoms with Crippen molar-refractivity contribution >= 4 is 12.0 Å². The molecule has 0 aromatic heterocycles. The Labute approximate surface area is 223 Å². The molecule has 0 saturated carbocycles. The lowest BCUT2D eigenvalue weighted by molar-refractivity contribution is -0.127. The normalized spacial score (nSPS) is 12.2. The van der Waals surface area contributed by atoms with Crippen LogP contribution in [0.2, 0.25) is 0 Å². The molecule has 4 aromatic rings. The summed E-state index contributed by atoms with van der Waals surface area (Å²) in [7, 11) is 0. The van der Waals surface area contributed by atoms with Crippen LogP contribution in [0, 0.1) is 0 Å². The monoisotopic (exact) mass is 508 g/mol. The van der Waals surface area contributed by atoms with E-state index in [0.717, 1.165) is 22.3 Å². The lowest BCUT2D eigenvalue weighted by Gasteiger charge is -2.32. The maximum absolute atomic E-state index is 13.8. The number of nitrogens with zero attached hydrogens (tertiary/aromatic N) is 1. The van der Waals surface area contributed by atoms with Crippen LogP contribution in [0.1, 0.15) is 28.3 Å². The molecule has 0 fully saturated rings. The molecule has 6 nitrogen and oxygen atoms in total. The first-order valence-electron chi connectivity index (χ1n) is 12.7. The summed E-state index contributed by atoms with van der Waals surface area (Å²) in [6.07, 6.45) is -0.304. The Morgan fingerprint density at radius 1 is 0.711 bits per heavy atom. The zero-order chi connectivity index (χ0) is 26.6. The second-order valence-electron chi connectivity index (χ2n) is 9.01. The van der Waals surface area contributed by atoms with Crippen molar-refractivity contribution in [3.05, 3.63) is 144 Å². The van der Waals surface area contributed by atoms with Gasteiger partial charge >= 0.3 is 6.09 Å². The van der Waals surface area contributed by atoms with Gasteiger partial charge in [0.15, 0.2) is 0 Å². The third kappa shape index (κ3) is 7.54. The topological polar surface area (TPSA) is 78.9 Å². The Kier molecular flexibility index (Phi) is 9.65. The van der Waals surface area contributed by atoms with E-state index in [0.29, 0.717) is 0 Å². The molecule has 6 heteroatoms. The third-order valence-electron chi connectivity index (χ3n) is 6.29. The van der Waals surface area contributed by atoms with E-state index in [9.17, 15) is 14.7 Å². The summed E-state index contributed by atoms with van der Waals surface area (Å²) in [5.74, 6) is -0.371. The molecule has 0 aliphatic heterocycles. The van der Waals surface area contributed by atoms with Crippen LogP contribution in [0.25, 0.3) is 0 Å². The molecule has 2 atom stereocenters. The van der Waals surface area contributed by atoms with E-state index in [2.05, 4.69) is 5.32 Å². The molecule has 0 unspecified atom stereocenters. The number of amides is 2. The van der Waals surface area contributed by atoms with Crippen LogP contribution >= 0.6 is 0 Å². The number of aliphatic hydroxyl groups is 1. The van der Waals surface area contributed by atoms with Crippen molar-refractivity contribution in [3.63, 3.8) is 0 Å². The molecular weight excluding hydrogens is 476 g/mol. The SMILES string of the molecule is O=C(N[C@H](CO)c1ccccc1)[C@@H](Cc1ccccc1)N(Cc1ccccc1)C(=O)OCc1ccccc1. The molecule has 0 spiro atoms. The highest BCUT2D eigenvalue weighted by Gasteiger charge is 2.33. The van der Waals surface area contributed by atoms with Crippen molar-refractivity contribution in [1.29, 1.82) is 0 Å². The van der Waals surface area contributed by atoms with Gasteiger partial charge in [-0.1, -0.05) is 121 Å². The van der Waals surface area contributed by atoms with Crippen molar-refractivity contribution in [1.82, 2.24) is 10.2 Å². The smallest absolute Gasteiger partial charge is 0.411 e. The van der Waals surface area contributed by atoms with Gasteiger partial charge in [-0.3, -0.25) is 9.69 Å². The van der Waals surface area contributed by atoms with Gasteiger partial charge in [0.2, 0.25) is 5.91 Å². The van der Waals surface area contributed by atoms with Gasteiger partial charge in [0, 0.05) is 13.0 Å². The maximum atomic E-state index is 13.8. The van der Waals surface area contributed by atoms with Crippen molar-refractivity contribution in [2.24, 2.45) is 0 Å². The van der Waals surface area contributed by atoms with E-state index >= 15 is 0 Å². The summed E-state index contributed by atoms with van der Waals surface area (Å²) in [6, 6.07) is 36.3. The average molecular weight is 509 g/mol. The number of aliphatic hydroxyl groups excluding tert-OH is 1. The molecule has 0 aliphatic rings. The Morgan fingerprint density at radius 3 is 1.76 bits per heavy atom. The summed E-state index contributed by atoms with van der Waals surface area (Å²) in [6.45, 7) is 0.00732. The number of ether oxygens (including phenoxy) is 1. The van der Waals surface area contributed by atoms with E-state index in [4.69, 9.17) is 4.74 Å². The first kappa shape index (κ1) is 26.6. The fraction of sp³-hybridized carbons (Fsp3) is 0.188. The van der Waals surface area contributed by atoms with Crippen LogP contribution in [0.5, 0.6) is 0 Å². The standard InChI is InChI=1S/C32H32N2O4/c35-23-29(28-19-11-4-12-20-28)33-31(36)30(21-25-13-5-1-6-14-25)34(22-26-15-7-2-8-16-26)32(37)38-24-27-17-9-3-10-18-27/h1-20,29-30,35H,21-24H2,(H,33,36)/t29-,30-/m1/s1. The molecule has 0 heterocycles. The molecule has 194 valence electrons. The van der Waals surface area contributed by atoms with Crippen LogP contribution in [0.3, 0.4) is 0 Å². The third-order valence-corrected chi connectivity index (χ3v) is 6.29. The Balaban J connectivity index is 1.63. The van der Waals surface area contributed by atoms with E-state index in [1.807, 2.05) is 121 Å². The van der Waals surface area contributed by atoms with Crippen molar-refractivity contribution in [3.8, 4) is 0 Å². The maximum Gasteiger partial charge on any atom is 0.411 e. The van der Waals surface area contributed by atoms with Gasteiger partial charge in [-0.2, -0.15) is 0 Å². The van der Waals surface area contributed by atoms with Gasteiger partial charge in [-0.25, -0.2) is 4.79 Å². The summed E-state index contributed by atoms with van der Waals surface area (Å²) < 4.78 is 5.70. The molecule has 2 N–H and O–H groups in total. The van der Waals surface area contributed by atoms with E-state index in [1.54, 1.807) is 0 Å². The Hall–Kier alpha value is -4.42. The van der Waals surface area contributed by atoms with Gasteiger partial charge in [-0.05, 0) is 22.3 Å². The summed E-state index contributed by atoms with van der Waals surface area (Å²) >= 11 is 0. The second-order valence-corrected chi connectivity index (χ2v) is 9.01. The van der Waals surface area contributed by atoms with Crippen molar-refractivity contribution in [2.45, 2.75) is 31.7 Å². The molecule has 0 bridgehead atoms. The molecule has 0 aliphatic carbocycles. The summed E-state index contributed by atoms with van der Waals surface area (Å²) in [4.78, 5) is 28.9. The first-order chi connectivity index (χ1) is 18.6. The predicted octanol–water partition coefficient (Wildman–Crippen LogP) is 5.29. The van der Waals surface area contributed by atoms with E-state index in [1.165, 1.54) is 4.90 Å². The molecule has 2 amide bonds. The molecule has 38 heavy (non-hydrogen) atoms. The minimum Gasteiger partial charge on any atom is -0.445 e. The lowest BCUT2D eigenvalue weighted by Crippen LogP contribution is -2.51. The highest BCUT2D eigenvalue weighted by atomic mass is 16.6. The van der Waals surface area contributed by atoms with Gasteiger partial charge in [0.1, 0.15) is 12.6 Å². The second kappa shape index (κ2) is 13.8. The van der Waals surface area contributed by atoms with E-state index in [-0.39, 0.29) is 32.1 Å².